The van der Waals surface area contributed by atoms with Gasteiger partial charge in [0.1, 0.15) is 0 Å². The molecule has 2 aliphatic heterocycles. The summed E-state index contributed by atoms with van der Waals surface area (Å²) in [6.07, 6.45) is 0.459. The highest BCUT2D eigenvalue weighted by Gasteiger charge is 2.30. The zero-order valence-corrected chi connectivity index (χ0v) is 15.6. The first-order valence-electron chi connectivity index (χ1n) is 9.03. The van der Waals surface area contributed by atoms with Crippen molar-refractivity contribution in [3.63, 3.8) is 0 Å². The molecule has 2 atom stereocenters. The third-order valence-corrected chi connectivity index (χ3v) is 4.62. The van der Waals surface area contributed by atoms with Crippen molar-refractivity contribution in [3.05, 3.63) is 24.3 Å². The number of urea groups is 1. The van der Waals surface area contributed by atoms with Crippen LogP contribution in [-0.2, 0) is 9.47 Å². The fraction of sp³-hybridized carbons (Fsp3) is 0.632. The Morgan fingerprint density at radius 2 is 1.80 bits per heavy atom. The van der Waals surface area contributed by atoms with Gasteiger partial charge in [-0.15, -0.1) is 0 Å². The van der Waals surface area contributed by atoms with Gasteiger partial charge in [-0.1, -0.05) is 0 Å². The van der Waals surface area contributed by atoms with Gasteiger partial charge in [-0.3, -0.25) is 0 Å². The van der Waals surface area contributed by atoms with E-state index in [0.717, 1.165) is 24.5 Å². The van der Waals surface area contributed by atoms with Crippen molar-refractivity contribution in [2.45, 2.75) is 45.5 Å². The number of hydrogen-bond donors (Lipinski definition) is 1. The molecule has 25 heavy (non-hydrogen) atoms. The van der Waals surface area contributed by atoms with Gasteiger partial charge in [-0.25, -0.2) is 4.79 Å². The standard InChI is InChI=1S/C19H29N3O3/c1-14-11-22(12-15(2)25-14)17-7-5-16(6-8-17)20-18(23)21-9-10-24-19(3,4)13-21/h5-8,14-15H,9-13H2,1-4H3,(H,20,23). The fourth-order valence-corrected chi connectivity index (χ4v) is 3.54. The van der Waals surface area contributed by atoms with Gasteiger partial charge in [0.25, 0.3) is 0 Å². The molecule has 0 bridgehead atoms. The van der Waals surface area contributed by atoms with E-state index in [1.54, 1.807) is 0 Å². The Morgan fingerprint density at radius 3 is 2.40 bits per heavy atom. The van der Waals surface area contributed by atoms with Crippen LogP contribution in [0.2, 0.25) is 0 Å². The van der Waals surface area contributed by atoms with Crippen molar-refractivity contribution in [3.8, 4) is 0 Å². The number of hydrogen-bond acceptors (Lipinski definition) is 4. The first kappa shape index (κ1) is 18.0. The topological polar surface area (TPSA) is 54.0 Å². The predicted molar refractivity (Wildman–Crippen MR) is 99.3 cm³/mol. The van der Waals surface area contributed by atoms with Crippen LogP contribution in [0.1, 0.15) is 27.7 Å². The molecular formula is C19H29N3O3. The minimum Gasteiger partial charge on any atom is -0.372 e. The third-order valence-electron chi connectivity index (χ3n) is 4.62. The van der Waals surface area contributed by atoms with Crippen LogP contribution in [-0.4, -0.2) is 61.5 Å². The van der Waals surface area contributed by atoms with Gasteiger partial charge in [0, 0.05) is 31.0 Å². The van der Waals surface area contributed by atoms with Crippen LogP contribution in [0.25, 0.3) is 0 Å². The van der Waals surface area contributed by atoms with E-state index in [0.29, 0.717) is 19.7 Å². The van der Waals surface area contributed by atoms with Crippen LogP contribution in [0.4, 0.5) is 16.2 Å². The zero-order chi connectivity index (χ0) is 18.0. The molecule has 6 nitrogen and oxygen atoms in total. The quantitative estimate of drug-likeness (QED) is 0.894. The largest absolute Gasteiger partial charge is 0.372 e. The molecule has 6 heteroatoms. The monoisotopic (exact) mass is 347 g/mol. The van der Waals surface area contributed by atoms with Gasteiger partial charge in [0.05, 0.1) is 31.0 Å². The molecule has 2 amide bonds. The number of anilines is 2. The van der Waals surface area contributed by atoms with Crippen molar-refractivity contribution in [2.24, 2.45) is 0 Å². The van der Waals surface area contributed by atoms with E-state index in [2.05, 4.69) is 36.2 Å². The van der Waals surface area contributed by atoms with Crippen LogP contribution < -0.4 is 10.2 Å². The molecule has 1 aromatic rings. The van der Waals surface area contributed by atoms with Crippen molar-refractivity contribution in [1.29, 1.82) is 0 Å². The molecule has 3 rings (SSSR count). The van der Waals surface area contributed by atoms with Crippen molar-refractivity contribution >= 4 is 17.4 Å². The van der Waals surface area contributed by atoms with Crippen molar-refractivity contribution < 1.29 is 14.3 Å². The van der Waals surface area contributed by atoms with E-state index < -0.39 is 0 Å². The van der Waals surface area contributed by atoms with Gasteiger partial charge in [-0.05, 0) is 52.0 Å². The van der Waals surface area contributed by atoms with E-state index in [4.69, 9.17) is 9.47 Å². The lowest BCUT2D eigenvalue weighted by Gasteiger charge is -2.38. The summed E-state index contributed by atoms with van der Waals surface area (Å²) in [7, 11) is 0. The minimum atomic E-state index is -0.289. The molecule has 0 spiro atoms. The Hall–Kier alpha value is -1.79. The second-order valence-corrected chi connectivity index (χ2v) is 7.67. The number of morpholine rings is 2. The normalized spacial score (nSPS) is 26.4. The van der Waals surface area contributed by atoms with Crippen LogP contribution >= 0.6 is 0 Å². The van der Waals surface area contributed by atoms with Gasteiger partial charge in [0.2, 0.25) is 0 Å². The Labute approximate surface area is 150 Å². The molecule has 2 saturated heterocycles. The van der Waals surface area contributed by atoms with Gasteiger partial charge in [0.15, 0.2) is 0 Å². The molecule has 0 aromatic heterocycles. The van der Waals surface area contributed by atoms with Crippen molar-refractivity contribution in [1.82, 2.24) is 4.90 Å². The number of nitrogens with one attached hydrogen (secondary N) is 1. The molecule has 0 saturated carbocycles. The molecular weight excluding hydrogens is 318 g/mol. The van der Waals surface area contributed by atoms with Crippen LogP contribution in [0.15, 0.2) is 24.3 Å². The fourth-order valence-electron chi connectivity index (χ4n) is 3.54. The predicted octanol–water partition coefficient (Wildman–Crippen LogP) is 2.94. The first-order chi connectivity index (χ1) is 11.8. The summed E-state index contributed by atoms with van der Waals surface area (Å²) in [6.45, 7) is 11.8. The molecule has 2 unspecified atom stereocenters. The number of carbonyl (C=O) groups excluding carboxylic acids is 1. The Bertz CT molecular complexity index is 592. The van der Waals surface area contributed by atoms with Crippen molar-refractivity contribution in [2.75, 3.05) is 43.0 Å². The lowest BCUT2D eigenvalue weighted by atomic mass is 10.1. The molecule has 1 N–H and O–H groups in total. The third kappa shape index (κ3) is 4.64. The maximum Gasteiger partial charge on any atom is 0.322 e. The maximum absolute atomic E-state index is 12.5. The summed E-state index contributed by atoms with van der Waals surface area (Å²) in [6, 6.07) is 7.97. The van der Waals surface area contributed by atoms with Crippen LogP contribution in [0, 0.1) is 0 Å². The summed E-state index contributed by atoms with van der Waals surface area (Å²) in [5.74, 6) is 0. The van der Waals surface area contributed by atoms with E-state index in [9.17, 15) is 4.79 Å². The highest BCUT2D eigenvalue weighted by atomic mass is 16.5. The highest BCUT2D eigenvalue weighted by molar-refractivity contribution is 5.89. The summed E-state index contributed by atoms with van der Waals surface area (Å²) in [5.41, 5.74) is 1.68. The summed E-state index contributed by atoms with van der Waals surface area (Å²) < 4.78 is 11.4. The average Bonchev–Trinajstić information content (AvgIpc) is 2.53. The van der Waals surface area contributed by atoms with Gasteiger partial charge < -0.3 is 24.6 Å². The molecule has 138 valence electrons. The number of rotatable bonds is 2. The van der Waals surface area contributed by atoms with Crippen LogP contribution in [0.5, 0.6) is 0 Å². The number of nitrogens with zero attached hydrogens (tertiary/aromatic N) is 2. The molecule has 2 fully saturated rings. The number of ether oxygens (including phenoxy) is 2. The SMILES string of the molecule is CC1CN(c2ccc(NC(=O)N3CCOC(C)(C)C3)cc2)CC(C)O1. The summed E-state index contributed by atoms with van der Waals surface area (Å²) in [5, 5.41) is 2.99. The zero-order valence-electron chi connectivity index (χ0n) is 15.6. The van der Waals surface area contributed by atoms with E-state index in [1.165, 1.54) is 0 Å². The Balaban J connectivity index is 1.60. The number of carbonyl (C=O) groups is 1. The second kappa shape index (κ2) is 7.22. The summed E-state index contributed by atoms with van der Waals surface area (Å²) in [4.78, 5) is 16.6. The Morgan fingerprint density at radius 1 is 1.16 bits per heavy atom. The maximum atomic E-state index is 12.5. The minimum absolute atomic E-state index is 0.0715. The molecule has 0 radical (unpaired) electrons. The molecule has 1 aromatic carbocycles. The van der Waals surface area contributed by atoms with Gasteiger partial charge in [-0.2, -0.15) is 0 Å². The molecule has 2 heterocycles. The van der Waals surface area contributed by atoms with Gasteiger partial charge >= 0.3 is 6.03 Å². The number of amides is 2. The summed E-state index contributed by atoms with van der Waals surface area (Å²) >= 11 is 0. The number of benzene rings is 1. The van der Waals surface area contributed by atoms with E-state index >= 15 is 0 Å². The molecule has 2 aliphatic rings. The molecule has 0 aliphatic carbocycles. The first-order valence-corrected chi connectivity index (χ1v) is 9.03. The van der Waals surface area contributed by atoms with Crippen LogP contribution in [0.3, 0.4) is 0 Å². The average molecular weight is 347 g/mol. The van der Waals surface area contributed by atoms with E-state index in [1.807, 2.05) is 30.9 Å². The smallest absolute Gasteiger partial charge is 0.322 e. The lowest BCUT2D eigenvalue weighted by molar-refractivity contribution is -0.0720. The second-order valence-electron chi connectivity index (χ2n) is 7.67. The highest BCUT2D eigenvalue weighted by Crippen LogP contribution is 2.23. The Kier molecular flexibility index (Phi) is 5.20. The lowest BCUT2D eigenvalue weighted by Crippen LogP contribution is -2.51. The van der Waals surface area contributed by atoms with E-state index in [-0.39, 0.29) is 23.8 Å².